The zero-order valence-corrected chi connectivity index (χ0v) is 25.9. The summed E-state index contributed by atoms with van der Waals surface area (Å²) in [7, 11) is -3.79. The van der Waals surface area contributed by atoms with E-state index < -0.39 is 28.5 Å². The number of rotatable bonds is 11. The molecule has 0 aliphatic heterocycles. The van der Waals surface area contributed by atoms with E-state index in [1.807, 2.05) is 25.1 Å². The lowest BCUT2D eigenvalue weighted by Gasteiger charge is -2.57. The van der Waals surface area contributed by atoms with Crippen LogP contribution < -0.4 is 9.62 Å². The molecular formula is C32H42ClN3O4S. The minimum atomic E-state index is -3.79. The summed E-state index contributed by atoms with van der Waals surface area (Å²) in [6, 6.07) is 14.2. The van der Waals surface area contributed by atoms with E-state index in [2.05, 4.69) is 17.4 Å². The normalized spacial score (nSPS) is 25.5. The Balaban J connectivity index is 1.39. The number of halogens is 1. The van der Waals surface area contributed by atoms with Crippen molar-refractivity contribution in [2.75, 3.05) is 23.7 Å². The molecule has 0 radical (unpaired) electrons. The highest BCUT2D eigenvalue weighted by Crippen LogP contribution is 2.60. The predicted octanol–water partition coefficient (Wildman–Crippen LogP) is 5.52. The van der Waals surface area contributed by atoms with Gasteiger partial charge in [-0.25, -0.2) is 8.42 Å². The van der Waals surface area contributed by atoms with Crippen molar-refractivity contribution in [1.82, 2.24) is 10.2 Å². The molecule has 4 bridgehead atoms. The number of carbonyl (C=O) groups is 2. The van der Waals surface area contributed by atoms with Gasteiger partial charge in [0.2, 0.25) is 21.8 Å². The number of hydrogen-bond acceptors (Lipinski definition) is 4. The zero-order valence-electron chi connectivity index (χ0n) is 24.3. The molecule has 0 aromatic heterocycles. The Bertz CT molecular complexity index is 1340. The molecule has 4 saturated carbocycles. The van der Waals surface area contributed by atoms with Crippen LogP contribution in [0.15, 0.2) is 48.5 Å². The Hall–Kier alpha value is -2.58. The van der Waals surface area contributed by atoms with Gasteiger partial charge < -0.3 is 10.2 Å². The van der Waals surface area contributed by atoms with E-state index in [0.717, 1.165) is 34.7 Å². The first-order chi connectivity index (χ1) is 19.5. The third kappa shape index (κ3) is 6.43. The van der Waals surface area contributed by atoms with Crippen molar-refractivity contribution in [2.24, 2.45) is 17.8 Å². The van der Waals surface area contributed by atoms with Gasteiger partial charge in [-0.1, -0.05) is 48.9 Å². The number of anilines is 1. The number of carbonyl (C=O) groups excluding carboxylic acids is 2. The summed E-state index contributed by atoms with van der Waals surface area (Å²) in [5, 5.41) is 3.32. The lowest BCUT2D eigenvalue weighted by atomic mass is 9.48. The summed E-state index contributed by atoms with van der Waals surface area (Å²) in [6.45, 7) is 3.77. The average Bonchev–Trinajstić information content (AvgIpc) is 2.92. The second kappa shape index (κ2) is 12.0. The maximum Gasteiger partial charge on any atom is 0.244 e. The van der Waals surface area contributed by atoms with Crippen LogP contribution in [-0.4, -0.2) is 50.5 Å². The van der Waals surface area contributed by atoms with Crippen LogP contribution in [0.3, 0.4) is 0 Å². The lowest BCUT2D eigenvalue weighted by Crippen LogP contribution is -2.51. The smallest absolute Gasteiger partial charge is 0.244 e. The van der Waals surface area contributed by atoms with Gasteiger partial charge in [-0.3, -0.25) is 13.9 Å². The predicted molar refractivity (Wildman–Crippen MR) is 163 cm³/mol. The van der Waals surface area contributed by atoms with Crippen molar-refractivity contribution in [3.05, 3.63) is 64.7 Å². The maximum atomic E-state index is 13.8. The second-order valence-corrected chi connectivity index (χ2v) is 14.9. The fraction of sp³-hybridized carbons (Fsp3) is 0.562. The quantitative estimate of drug-likeness (QED) is 0.369. The lowest BCUT2D eigenvalue weighted by molar-refractivity contribution is -0.139. The fourth-order valence-electron chi connectivity index (χ4n) is 7.85. The molecule has 4 fully saturated rings. The Morgan fingerprint density at radius 2 is 1.59 bits per heavy atom. The first kappa shape index (κ1) is 29.9. The molecule has 2 aromatic rings. The summed E-state index contributed by atoms with van der Waals surface area (Å²) in [5.41, 5.74) is 2.63. The van der Waals surface area contributed by atoms with Gasteiger partial charge in [0, 0.05) is 18.1 Å². The van der Waals surface area contributed by atoms with E-state index in [1.54, 1.807) is 25.1 Å². The Morgan fingerprint density at radius 1 is 1.00 bits per heavy atom. The highest BCUT2D eigenvalue weighted by molar-refractivity contribution is 7.92. The van der Waals surface area contributed by atoms with Crippen molar-refractivity contribution in [1.29, 1.82) is 0 Å². The molecule has 1 N–H and O–H groups in total. The molecule has 6 rings (SSSR count). The molecule has 222 valence electrons. The zero-order chi connectivity index (χ0) is 29.4. The van der Waals surface area contributed by atoms with Crippen molar-refractivity contribution in [3.63, 3.8) is 0 Å². The summed E-state index contributed by atoms with van der Waals surface area (Å²) in [4.78, 5) is 28.1. The standard InChI is InChI=1S/C32H42ClN3O4S/c1-4-13-34-31(38)22(2)35(20-26-7-5-6-8-29(26)33)30(37)21-36(41(3,39)40)28-11-9-27(10-12-28)32-17-23-14-24(18-32)16-25(15-23)19-32/h5-12,22-25H,4,13-21H2,1-3H3,(H,34,38). The van der Waals surface area contributed by atoms with E-state index in [0.29, 0.717) is 22.8 Å². The second-order valence-electron chi connectivity index (χ2n) is 12.6. The third-order valence-electron chi connectivity index (χ3n) is 9.50. The van der Waals surface area contributed by atoms with Gasteiger partial charge in [0.05, 0.1) is 11.9 Å². The molecule has 0 saturated heterocycles. The van der Waals surface area contributed by atoms with Gasteiger partial charge in [0.25, 0.3) is 0 Å². The van der Waals surface area contributed by atoms with Gasteiger partial charge in [0.15, 0.2) is 0 Å². The monoisotopic (exact) mass is 599 g/mol. The van der Waals surface area contributed by atoms with Crippen molar-refractivity contribution < 1.29 is 18.0 Å². The van der Waals surface area contributed by atoms with Crippen LogP contribution in [0.1, 0.15) is 69.9 Å². The highest BCUT2D eigenvalue weighted by Gasteiger charge is 2.51. The third-order valence-corrected chi connectivity index (χ3v) is 11.0. The van der Waals surface area contributed by atoms with Gasteiger partial charge >= 0.3 is 0 Å². The Kier molecular flexibility index (Phi) is 8.72. The molecule has 0 spiro atoms. The van der Waals surface area contributed by atoms with Crippen LogP contribution in [0.4, 0.5) is 5.69 Å². The minimum absolute atomic E-state index is 0.0851. The van der Waals surface area contributed by atoms with Crippen LogP contribution in [-0.2, 0) is 31.6 Å². The molecule has 7 nitrogen and oxygen atoms in total. The van der Waals surface area contributed by atoms with Gasteiger partial charge in [-0.15, -0.1) is 0 Å². The van der Waals surface area contributed by atoms with Gasteiger partial charge in [-0.2, -0.15) is 0 Å². The van der Waals surface area contributed by atoms with Gasteiger partial charge in [-0.05, 0) is 104 Å². The average molecular weight is 600 g/mol. The van der Waals surface area contributed by atoms with E-state index in [-0.39, 0.29) is 17.9 Å². The number of sulfonamides is 1. The minimum Gasteiger partial charge on any atom is -0.354 e. The Morgan fingerprint density at radius 3 is 2.12 bits per heavy atom. The molecular weight excluding hydrogens is 558 g/mol. The van der Waals surface area contributed by atoms with Crippen LogP contribution in [0.2, 0.25) is 5.02 Å². The van der Waals surface area contributed by atoms with Crippen LogP contribution in [0.25, 0.3) is 0 Å². The van der Waals surface area contributed by atoms with Gasteiger partial charge in [0.1, 0.15) is 12.6 Å². The molecule has 41 heavy (non-hydrogen) atoms. The van der Waals surface area contributed by atoms with E-state index in [4.69, 9.17) is 11.6 Å². The number of nitrogens with one attached hydrogen (secondary N) is 1. The van der Waals surface area contributed by atoms with Crippen molar-refractivity contribution in [2.45, 2.75) is 76.8 Å². The molecule has 1 unspecified atom stereocenters. The van der Waals surface area contributed by atoms with Crippen LogP contribution in [0.5, 0.6) is 0 Å². The van der Waals surface area contributed by atoms with Crippen LogP contribution >= 0.6 is 11.6 Å². The Labute approximate surface area is 249 Å². The number of nitrogens with zero attached hydrogens (tertiary/aromatic N) is 2. The van der Waals surface area contributed by atoms with Crippen molar-refractivity contribution >= 4 is 39.1 Å². The SMILES string of the molecule is CCCNC(=O)C(C)N(Cc1ccccc1Cl)C(=O)CN(c1ccc(C23CC4CC(CC(C4)C2)C3)cc1)S(C)(=O)=O. The topological polar surface area (TPSA) is 86.8 Å². The largest absolute Gasteiger partial charge is 0.354 e. The fourth-order valence-corrected chi connectivity index (χ4v) is 8.89. The first-order valence-electron chi connectivity index (χ1n) is 14.9. The molecule has 1 atom stereocenters. The molecule has 4 aliphatic carbocycles. The summed E-state index contributed by atoms with van der Waals surface area (Å²) in [5.74, 6) is 1.67. The number of hydrogen-bond donors (Lipinski definition) is 1. The van der Waals surface area contributed by atoms with Crippen molar-refractivity contribution in [3.8, 4) is 0 Å². The van der Waals surface area contributed by atoms with E-state index in [1.165, 1.54) is 49.0 Å². The highest BCUT2D eigenvalue weighted by atomic mass is 35.5. The molecule has 9 heteroatoms. The van der Waals surface area contributed by atoms with Crippen LogP contribution in [0, 0.1) is 17.8 Å². The molecule has 2 aromatic carbocycles. The number of amides is 2. The summed E-state index contributed by atoms with van der Waals surface area (Å²) < 4.78 is 27.2. The molecule has 2 amide bonds. The summed E-state index contributed by atoms with van der Waals surface area (Å²) >= 11 is 6.40. The maximum absolute atomic E-state index is 13.8. The number of benzene rings is 2. The first-order valence-corrected chi connectivity index (χ1v) is 17.1. The molecule has 0 heterocycles. The van der Waals surface area contributed by atoms with E-state index in [9.17, 15) is 18.0 Å². The summed E-state index contributed by atoms with van der Waals surface area (Å²) in [6.07, 6.45) is 9.63. The van der Waals surface area contributed by atoms with E-state index >= 15 is 0 Å². The molecule has 4 aliphatic rings.